The first-order chi connectivity index (χ1) is 11.9. The minimum Gasteiger partial charge on any atom is -0.369 e. The molecule has 0 N–H and O–H groups in total. The summed E-state index contributed by atoms with van der Waals surface area (Å²) in [6.07, 6.45) is 6.34. The van der Waals surface area contributed by atoms with E-state index < -0.39 is 0 Å². The lowest BCUT2D eigenvalue weighted by atomic mass is 10.2. The maximum atomic E-state index is 4.18. The van der Waals surface area contributed by atoms with Crippen LogP contribution in [0, 0.1) is 0 Å². The maximum Gasteiger partial charge on any atom is 0.0737 e. The monoisotopic (exact) mass is 323 g/mol. The van der Waals surface area contributed by atoms with Crippen molar-refractivity contribution < 1.29 is 0 Å². The molecule has 24 heavy (non-hydrogen) atoms. The summed E-state index contributed by atoms with van der Waals surface area (Å²) in [6, 6.07) is 15.0. The van der Waals surface area contributed by atoms with Gasteiger partial charge in [0.25, 0.3) is 0 Å². The molecule has 0 aliphatic carbocycles. The number of benzene rings is 1. The third-order valence-electron chi connectivity index (χ3n) is 4.89. The lowest BCUT2D eigenvalue weighted by Crippen LogP contribution is -2.59. The van der Waals surface area contributed by atoms with Crippen LogP contribution in [0.15, 0.2) is 54.9 Å². The van der Waals surface area contributed by atoms with Crippen molar-refractivity contribution in [1.82, 2.24) is 15.0 Å². The third kappa shape index (κ3) is 3.23. The van der Waals surface area contributed by atoms with Crippen molar-refractivity contribution in [1.29, 1.82) is 0 Å². The minimum atomic E-state index is 1.04. The minimum absolute atomic E-state index is 1.04. The summed E-state index contributed by atoms with van der Waals surface area (Å²) in [7, 11) is 0. The van der Waals surface area contributed by atoms with Crippen LogP contribution in [0.3, 0.4) is 0 Å². The van der Waals surface area contributed by atoms with Crippen LogP contribution in [0.2, 0.25) is 0 Å². The van der Waals surface area contributed by atoms with Gasteiger partial charge in [-0.05, 0) is 37.1 Å². The normalized spacial score (nSPS) is 19.6. The standard InChI is InChI=1S/C19H25N5/c1-2-6-18(7-3-1)21-14-16-23(17-15-21)24(22-12-4-5-13-22)19-8-10-20-11-9-19/h1-3,6-11H,4-5,12-17H2. The quantitative estimate of drug-likeness (QED) is 0.862. The van der Waals surface area contributed by atoms with Gasteiger partial charge in [-0.3, -0.25) is 4.98 Å². The number of anilines is 2. The zero-order chi connectivity index (χ0) is 16.2. The molecule has 0 unspecified atom stereocenters. The topological polar surface area (TPSA) is 25.9 Å². The fourth-order valence-electron chi connectivity index (χ4n) is 3.66. The number of para-hydroxylation sites is 1. The van der Waals surface area contributed by atoms with Gasteiger partial charge in [-0.1, -0.05) is 18.2 Å². The molecule has 5 heteroatoms. The highest BCUT2D eigenvalue weighted by Gasteiger charge is 2.28. The van der Waals surface area contributed by atoms with Crippen LogP contribution in [0.25, 0.3) is 0 Å². The highest BCUT2D eigenvalue weighted by atomic mass is 15.9. The molecule has 2 aliphatic rings. The first kappa shape index (κ1) is 15.4. The summed E-state index contributed by atoms with van der Waals surface area (Å²) in [5.41, 5.74) is 2.55. The Balaban J connectivity index is 1.48. The number of rotatable bonds is 4. The molecule has 5 nitrogen and oxygen atoms in total. The van der Waals surface area contributed by atoms with Gasteiger partial charge in [0.1, 0.15) is 0 Å². The zero-order valence-corrected chi connectivity index (χ0v) is 14.1. The Bertz CT molecular complexity index is 619. The highest BCUT2D eigenvalue weighted by molar-refractivity contribution is 5.47. The largest absolute Gasteiger partial charge is 0.369 e. The average Bonchev–Trinajstić information content (AvgIpc) is 3.18. The number of hydrazine groups is 2. The number of piperazine rings is 1. The van der Waals surface area contributed by atoms with E-state index >= 15 is 0 Å². The summed E-state index contributed by atoms with van der Waals surface area (Å²) >= 11 is 0. The molecule has 0 atom stereocenters. The van der Waals surface area contributed by atoms with Crippen molar-refractivity contribution in [2.45, 2.75) is 12.8 Å². The Labute approximate surface area is 144 Å². The van der Waals surface area contributed by atoms with E-state index in [1.54, 1.807) is 0 Å². The van der Waals surface area contributed by atoms with Crippen LogP contribution in [0.5, 0.6) is 0 Å². The van der Waals surface area contributed by atoms with E-state index in [1.165, 1.54) is 24.2 Å². The molecule has 2 aromatic rings. The van der Waals surface area contributed by atoms with Gasteiger partial charge in [-0.2, -0.15) is 0 Å². The molecule has 1 aromatic carbocycles. The van der Waals surface area contributed by atoms with E-state index in [2.05, 4.69) is 67.5 Å². The van der Waals surface area contributed by atoms with Gasteiger partial charge >= 0.3 is 0 Å². The molecular weight excluding hydrogens is 298 g/mol. The van der Waals surface area contributed by atoms with Crippen molar-refractivity contribution in [3.05, 3.63) is 54.9 Å². The summed E-state index contributed by atoms with van der Waals surface area (Å²) in [4.78, 5) is 6.66. The van der Waals surface area contributed by atoms with E-state index in [1.807, 2.05) is 12.4 Å². The van der Waals surface area contributed by atoms with Crippen LogP contribution in [-0.4, -0.2) is 54.3 Å². The lowest BCUT2D eigenvalue weighted by molar-refractivity contribution is 0.110. The molecule has 126 valence electrons. The van der Waals surface area contributed by atoms with E-state index in [0.717, 1.165) is 39.3 Å². The molecule has 0 bridgehead atoms. The van der Waals surface area contributed by atoms with Gasteiger partial charge in [0.15, 0.2) is 0 Å². The van der Waals surface area contributed by atoms with Crippen LogP contribution in [0.1, 0.15) is 12.8 Å². The third-order valence-corrected chi connectivity index (χ3v) is 4.89. The number of pyridine rings is 1. The molecule has 2 fully saturated rings. The lowest BCUT2D eigenvalue weighted by Gasteiger charge is -2.46. The average molecular weight is 323 g/mol. The van der Waals surface area contributed by atoms with Crippen molar-refractivity contribution in [3.8, 4) is 0 Å². The van der Waals surface area contributed by atoms with Gasteiger partial charge < -0.3 is 4.90 Å². The molecule has 4 rings (SSSR count). The Morgan fingerprint density at radius 2 is 1.33 bits per heavy atom. The summed E-state index contributed by atoms with van der Waals surface area (Å²) in [5.74, 6) is 0. The predicted molar refractivity (Wildman–Crippen MR) is 97.8 cm³/mol. The molecule has 2 saturated heterocycles. The molecule has 0 spiro atoms. The van der Waals surface area contributed by atoms with E-state index in [4.69, 9.17) is 0 Å². The van der Waals surface area contributed by atoms with Crippen LogP contribution < -0.4 is 10.0 Å². The molecule has 0 saturated carbocycles. The van der Waals surface area contributed by atoms with Crippen molar-refractivity contribution in [2.24, 2.45) is 0 Å². The van der Waals surface area contributed by atoms with Gasteiger partial charge in [-0.15, -0.1) is 0 Å². The zero-order valence-electron chi connectivity index (χ0n) is 14.1. The van der Waals surface area contributed by atoms with E-state index in [0.29, 0.717) is 0 Å². The molecule has 3 heterocycles. The first-order valence-electron chi connectivity index (χ1n) is 8.92. The SMILES string of the molecule is c1ccc(N2CCN(N(c3ccncc3)N3CCCC3)CC2)cc1. The van der Waals surface area contributed by atoms with Crippen LogP contribution in [-0.2, 0) is 0 Å². The highest BCUT2D eigenvalue weighted by Crippen LogP contribution is 2.24. The maximum absolute atomic E-state index is 4.18. The Morgan fingerprint density at radius 3 is 2.00 bits per heavy atom. The summed E-state index contributed by atoms with van der Waals surface area (Å²) < 4.78 is 0. The van der Waals surface area contributed by atoms with Gasteiger partial charge in [0, 0.05) is 57.3 Å². The fourth-order valence-corrected chi connectivity index (χ4v) is 3.66. The van der Waals surface area contributed by atoms with Crippen molar-refractivity contribution in [2.75, 3.05) is 49.3 Å². The second kappa shape index (κ2) is 7.20. The molecule has 2 aliphatic heterocycles. The summed E-state index contributed by atoms with van der Waals surface area (Å²) in [5, 5.41) is 7.37. The number of aromatic nitrogens is 1. The smallest absolute Gasteiger partial charge is 0.0737 e. The summed E-state index contributed by atoms with van der Waals surface area (Å²) in [6.45, 7) is 6.46. The predicted octanol–water partition coefficient (Wildman–Crippen LogP) is 2.64. The van der Waals surface area contributed by atoms with Gasteiger partial charge in [-0.25, -0.2) is 15.1 Å². The fraction of sp³-hybridized carbons (Fsp3) is 0.421. The van der Waals surface area contributed by atoms with E-state index in [9.17, 15) is 0 Å². The molecular formula is C19H25N5. The van der Waals surface area contributed by atoms with Crippen molar-refractivity contribution in [3.63, 3.8) is 0 Å². The Morgan fingerprint density at radius 1 is 0.708 bits per heavy atom. The van der Waals surface area contributed by atoms with Crippen LogP contribution >= 0.6 is 0 Å². The number of nitrogens with zero attached hydrogens (tertiary/aromatic N) is 5. The molecule has 0 radical (unpaired) electrons. The van der Waals surface area contributed by atoms with Gasteiger partial charge in [0.2, 0.25) is 0 Å². The Hall–Kier alpha value is -2.11. The first-order valence-corrected chi connectivity index (χ1v) is 8.92. The Kier molecular flexibility index (Phi) is 4.62. The second-order valence-corrected chi connectivity index (χ2v) is 6.43. The molecule has 0 amide bonds. The number of hydrogen-bond donors (Lipinski definition) is 0. The van der Waals surface area contributed by atoms with Gasteiger partial charge in [0.05, 0.1) is 5.69 Å². The second-order valence-electron chi connectivity index (χ2n) is 6.43. The van der Waals surface area contributed by atoms with E-state index in [-0.39, 0.29) is 0 Å². The van der Waals surface area contributed by atoms with Crippen LogP contribution in [0.4, 0.5) is 11.4 Å². The van der Waals surface area contributed by atoms with Crippen molar-refractivity contribution >= 4 is 11.4 Å². The number of hydrogen-bond acceptors (Lipinski definition) is 5. The molecule has 1 aromatic heterocycles.